The van der Waals surface area contributed by atoms with Gasteiger partial charge in [0.1, 0.15) is 23.5 Å². The van der Waals surface area contributed by atoms with Crippen molar-refractivity contribution < 1.29 is 9.28 Å². The molecule has 0 unspecified atom stereocenters. The van der Waals surface area contributed by atoms with E-state index in [2.05, 4.69) is 29.2 Å². The lowest BCUT2D eigenvalue weighted by molar-refractivity contribution is -0.890. The number of piperazine rings is 1. The van der Waals surface area contributed by atoms with Crippen LogP contribution < -0.4 is 9.80 Å². The Morgan fingerprint density at radius 2 is 1.68 bits per heavy atom. The highest BCUT2D eigenvalue weighted by molar-refractivity contribution is 7.16. The van der Waals surface area contributed by atoms with Gasteiger partial charge in [-0.3, -0.25) is 4.79 Å². The van der Waals surface area contributed by atoms with Crippen LogP contribution in [0.2, 0.25) is 0 Å². The molecule has 2 aliphatic rings. The molecule has 2 heterocycles. The van der Waals surface area contributed by atoms with E-state index in [1.807, 2.05) is 55.4 Å². The minimum atomic E-state index is -0.214. The van der Waals surface area contributed by atoms with Crippen molar-refractivity contribution in [3.05, 3.63) is 75.7 Å². The fraction of sp³-hybridized carbons (Fsp3) is 0.267. The molecule has 1 aromatic heterocycles. The van der Waals surface area contributed by atoms with E-state index in [-0.39, 0.29) is 11.4 Å². The second-order valence-corrected chi connectivity index (χ2v) is 11.6. The summed E-state index contributed by atoms with van der Waals surface area (Å²) >= 11 is 1.33. The third kappa shape index (κ3) is 5.28. The van der Waals surface area contributed by atoms with Crippen LogP contribution in [0.1, 0.15) is 20.8 Å². The number of thiazole rings is 1. The second-order valence-electron chi connectivity index (χ2n) is 10.6. The van der Waals surface area contributed by atoms with Gasteiger partial charge in [0.2, 0.25) is 5.13 Å². The van der Waals surface area contributed by atoms with Crippen LogP contribution in [0.4, 0.5) is 22.3 Å². The molecular formula is C30H29N8OS+. The van der Waals surface area contributed by atoms with Gasteiger partial charge in [0.25, 0.3) is 0 Å². The normalized spacial score (nSPS) is 17.1. The SMILES string of the molecule is CN(C)c1ccc(N=Nc2nc(N3CC[N+](C)(C)CC3)c(C=C3C(=O)c4ccccc4C3=C(C#N)C#N)s2)cc1. The van der Waals surface area contributed by atoms with Gasteiger partial charge in [-0.05, 0) is 35.9 Å². The van der Waals surface area contributed by atoms with Gasteiger partial charge in [0, 0.05) is 36.5 Å². The van der Waals surface area contributed by atoms with Gasteiger partial charge >= 0.3 is 0 Å². The number of azo groups is 1. The Kier molecular flexibility index (Phi) is 7.31. The van der Waals surface area contributed by atoms with E-state index in [1.165, 1.54) is 11.3 Å². The molecule has 0 bridgehead atoms. The minimum Gasteiger partial charge on any atom is -0.378 e. The first-order chi connectivity index (χ1) is 19.2. The Labute approximate surface area is 237 Å². The average molecular weight is 550 g/mol. The highest BCUT2D eigenvalue weighted by Crippen LogP contribution is 2.42. The van der Waals surface area contributed by atoms with Crippen LogP contribution >= 0.6 is 11.3 Å². The van der Waals surface area contributed by atoms with Gasteiger partial charge in [0.05, 0.1) is 50.8 Å². The van der Waals surface area contributed by atoms with Crippen molar-refractivity contribution in [2.45, 2.75) is 0 Å². The summed E-state index contributed by atoms with van der Waals surface area (Å²) in [4.78, 5) is 23.3. The zero-order chi connectivity index (χ0) is 28.4. The Balaban J connectivity index is 1.58. The van der Waals surface area contributed by atoms with E-state index in [0.29, 0.717) is 33.1 Å². The van der Waals surface area contributed by atoms with Crippen molar-refractivity contribution in [2.75, 3.05) is 64.2 Å². The molecule has 5 rings (SSSR count). The van der Waals surface area contributed by atoms with E-state index < -0.39 is 0 Å². The first kappa shape index (κ1) is 26.9. The van der Waals surface area contributed by atoms with Crippen molar-refractivity contribution in [1.29, 1.82) is 10.5 Å². The molecule has 0 atom stereocenters. The van der Waals surface area contributed by atoms with Crippen molar-refractivity contribution in [2.24, 2.45) is 10.2 Å². The predicted octanol–water partition coefficient (Wildman–Crippen LogP) is 5.60. The maximum absolute atomic E-state index is 13.5. The number of carbonyl (C=O) groups is 1. The number of likely N-dealkylation sites (N-methyl/N-ethyl adjacent to an activating group) is 1. The number of aromatic nitrogens is 1. The number of benzene rings is 2. The van der Waals surface area contributed by atoms with Crippen molar-refractivity contribution >= 4 is 51.1 Å². The van der Waals surface area contributed by atoms with Crippen molar-refractivity contribution in [3.63, 3.8) is 0 Å². The Hall–Kier alpha value is -4.64. The first-order valence-electron chi connectivity index (χ1n) is 12.9. The Bertz CT molecular complexity index is 1620. The number of fused-ring (bicyclic) bond motifs is 1. The Morgan fingerprint density at radius 1 is 1.02 bits per heavy atom. The largest absolute Gasteiger partial charge is 0.378 e. The second kappa shape index (κ2) is 10.9. The van der Waals surface area contributed by atoms with Gasteiger partial charge in [-0.1, -0.05) is 35.6 Å². The van der Waals surface area contributed by atoms with Crippen LogP contribution in [0.25, 0.3) is 11.6 Å². The summed E-state index contributed by atoms with van der Waals surface area (Å²) < 4.78 is 0.918. The fourth-order valence-corrected chi connectivity index (χ4v) is 5.64. The molecule has 0 saturated carbocycles. The summed E-state index contributed by atoms with van der Waals surface area (Å²) in [6.45, 7) is 3.50. The highest BCUT2D eigenvalue weighted by Gasteiger charge is 2.34. The van der Waals surface area contributed by atoms with E-state index in [9.17, 15) is 15.3 Å². The van der Waals surface area contributed by atoms with Crippen molar-refractivity contribution in [1.82, 2.24) is 4.98 Å². The molecule has 2 aromatic carbocycles. The number of nitrogens with zero attached hydrogens (tertiary/aromatic N) is 8. The number of anilines is 2. The summed E-state index contributed by atoms with van der Waals surface area (Å²) in [5, 5.41) is 28.7. The number of ketones is 1. The average Bonchev–Trinajstić information content (AvgIpc) is 3.47. The molecule has 0 amide bonds. The summed E-state index contributed by atoms with van der Waals surface area (Å²) in [5.41, 5.74) is 3.45. The lowest BCUT2D eigenvalue weighted by atomic mass is 9.99. The molecule has 200 valence electrons. The van der Waals surface area contributed by atoms with Crippen LogP contribution in [0.3, 0.4) is 0 Å². The minimum absolute atomic E-state index is 0.0891. The van der Waals surface area contributed by atoms with E-state index in [4.69, 9.17) is 4.98 Å². The molecule has 1 aliphatic carbocycles. The third-order valence-corrected chi connectivity index (χ3v) is 8.07. The van der Waals surface area contributed by atoms with Gasteiger partial charge in [-0.25, -0.2) is 0 Å². The molecule has 1 aliphatic heterocycles. The fourth-order valence-electron chi connectivity index (χ4n) is 4.79. The molecular weight excluding hydrogens is 520 g/mol. The topological polar surface area (TPSA) is 109 Å². The molecule has 0 N–H and O–H groups in total. The quantitative estimate of drug-likeness (QED) is 0.177. The molecule has 0 spiro atoms. The number of hydrogen-bond acceptors (Lipinski definition) is 9. The maximum Gasteiger partial charge on any atom is 0.232 e. The van der Waals surface area contributed by atoms with Crippen molar-refractivity contribution in [3.8, 4) is 12.1 Å². The van der Waals surface area contributed by atoms with Crippen LogP contribution in [-0.4, -0.2) is 69.6 Å². The molecule has 1 fully saturated rings. The molecule has 9 nitrogen and oxygen atoms in total. The number of quaternary nitrogens is 1. The summed E-state index contributed by atoms with van der Waals surface area (Å²) in [7, 11) is 8.38. The van der Waals surface area contributed by atoms with Gasteiger partial charge in [0.15, 0.2) is 5.78 Å². The third-order valence-electron chi connectivity index (χ3n) is 7.19. The lowest BCUT2D eigenvalue weighted by Gasteiger charge is -2.39. The highest BCUT2D eigenvalue weighted by atomic mass is 32.1. The zero-order valence-electron chi connectivity index (χ0n) is 22.9. The molecule has 0 radical (unpaired) electrons. The van der Waals surface area contributed by atoms with Crippen LogP contribution in [0.15, 0.2) is 69.9 Å². The number of allylic oxidation sites excluding steroid dienone is 3. The van der Waals surface area contributed by atoms with E-state index in [1.54, 1.807) is 30.3 Å². The number of rotatable bonds is 5. The standard InChI is InChI=1S/C30H29N8OS/c1-36(2)22-11-9-21(10-12-22)34-35-30-33-29(37-13-15-38(3,4)16-14-37)26(40-30)17-25-27(20(18-31)19-32)23-7-5-6-8-24(23)28(25)39/h5-12,17H,13-16H2,1-4H3/q+1. The van der Waals surface area contributed by atoms with E-state index >= 15 is 0 Å². The molecule has 1 saturated heterocycles. The van der Waals surface area contributed by atoms with Crippen LogP contribution in [0, 0.1) is 22.7 Å². The smallest absolute Gasteiger partial charge is 0.232 e. The van der Waals surface area contributed by atoms with Gasteiger partial charge in [-0.2, -0.15) is 15.5 Å². The maximum atomic E-state index is 13.5. The van der Waals surface area contributed by atoms with Gasteiger partial charge in [-0.15, -0.1) is 10.2 Å². The number of carbonyl (C=O) groups excluding carboxylic acids is 1. The number of Topliss-reactive ketones (excluding diaryl/α,β-unsaturated/α-hetero) is 1. The van der Waals surface area contributed by atoms with Crippen LogP contribution in [-0.2, 0) is 0 Å². The Morgan fingerprint density at radius 3 is 2.30 bits per heavy atom. The van der Waals surface area contributed by atoms with Crippen LogP contribution in [0.5, 0.6) is 0 Å². The number of nitriles is 2. The lowest BCUT2D eigenvalue weighted by Crippen LogP contribution is -2.55. The monoisotopic (exact) mass is 549 g/mol. The number of hydrogen-bond donors (Lipinski definition) is 0. The summed E-state index contributed by atoms with van der Waals surface area (Å²) in [5.74, 6) is 0.515. The van der Waals surface area contributed by atoms with E-state index in [0.717, 1.165) is 47.0 Å². The predicted molar refractivity (Wildman–Crippen MR) is 158 cm³/mol. The molecule has 3 aromatic rings. The summed E-state index contributed by atoms with van der Waals surface area (Å²) in [6, 6.07) is 18.8. The summed E-state index contributed by atoms with van der Waals surface area (Å²) in [6.07, 6.45) is 1.76. The molecule has 40 heavy (non-hydrogen) atoms. The zero-order valence-corrected chi connectivity index (χ0v) is 23.7. The molecule has 10 heteroatoms. The first-order valence-corrected chi connectivity index (χ1v) is 13.7. The van der Waals surface area contributed by atoms with Gasteiger partial charge < -0.3 is 14.3 Å².